The lowest BCUT2D eigenvalue weighted by molar-refractivity contribution is -0.140. The fourth-order valence-corrected chi connectivity index (χ4v) is 2.31. The number of carbonyl (C=O) groups excluding carboxylic acids is 3. The molecule has 0 aliphatic carbocycles. The molecule has 0 saturated heterocycles. The van der Waals surface area contributed by atoms with Gasteiger partial charge in [-0.3, -0.25) is 24.0 Å². The van der Waals surface area contributed by atoms with Crippen LogP contribution in [-0.4, -0.2) is 70.5 Å². The van der Waals surface area contributed by atoms with E-state index >= 15 is 0 Å². The Morgan fingerprint density at radius 2 is 1.59 bits per heavy atom. The van der Waals surface area contributed by atoms with Crippen LogP contribution >= 0.6 is 0 Å². The quantitative estimate of drug-likeness (QED) is 0.131. The lowest BCUT2D eigenvalue weighted by Gasteiger charge is -2.22. The molecule has 11 heteroatoms. The third-order valence-corrected chi connectivity index (χ3v) is 4.08. The second-order valence-corrected chi connectivity index (χ2v) is 6.41. The minimum absolute atomic E-state index is 0.00124. The maximum Gasteiger partial charge on any atom is 0.320 e. The van der Waals surface area contributed by atoms with Gasteiger partial charge >= 0.3 is 11.9 Å². The number of nitrogens with one attached hydrogen (secondary N) is 3. The number of nitrogens with two attached hydrogens (primary N) is 1. The van der Waals surface area contributed by atoms with Crippen molar-refractivity contribution in [2.75, 3.05) is 6.54 Å². The summed E-state index contributed by atoms with van der Waals surface area (Å²) in [7, 11) is 0. The monoisotopic (exact) mass is 412 g/mol. The second kappa shape index (κ2) is 14.1. The zero-order valence-corrected chi connectivity index (χ0v) is 16.1. The molecule has 0 bridgehead atoms. The molecule has 0 aromatic rings. The molecule has 0 fully saturated rings. The first-order valence-corrected chi connectivity index (χ1v) is 9.03. The van der Waals surface area contributed by atoms with E-state index in [9.17, 15) is 29.1 Å². The van der Waals surface area contributed by atoms with E-state index in [-0.39, 0.29) is 50.9 Å². The molecule has 0 unspecified atom stereocenters. The van der Waals surface area contributed by atoms with Gasteiger partial charge in [0.15, 0.2) is 11.6 Å². The van der Waals surface area contributed by atoms with Crippen molar-refractivity contribution in [3.8, 4) is 0 Å². The Bertz CT molecular complexity index is 636. The van der Waals surface area contributed by atoms with E-state index in [1.54, 1.807) is 0 Å². The van der Waals surface area contributed by atoms with Crippen molar-refractivity contribution in [2.24, 2.45) is 5.73 Å². The summed E-state index contributed by atoms with van der Waals surface area (Å²) < 4.78 is 0. The number of carbonyl (C=O) groups is 5. The summed E-state index contributed by atoms with van der Waals surface area (Å²) in [6, 6.07) is -2.86. The molecule has 0 saturated carbocycles. The molecule has 0 aromatic heterocycles. The normalized spacial score (nSPS) is 13.6. The molecular weight excluding hydrogens is 384 g/mol. The van der Waals surface area contributed by atoms with Gasteiger partial charge in [-0.25, -0.2) is 0 Å². The SMILES string of the molecule is C=CC(=O)CC[C@H](NC[C@H](CCC(=O)C=N)NC(=O)CC[C@H](N)C(=O)O)C(=O)O. The van der Waals surface area contributed by atoms with Crippen molar-refractivity contribution in [1.82, 2.24) is 10.6 Å². The molecule has 29 heavy (non-hydrogen) atoms. The smallest absolute Gasteiger partial charge is 0.320 e. The topological polar surface area (TPSA) is 200 Å². The van der Waals surface area contributed by atoms with Crippen LogP contribution in [0.25, 0.3) is 0 Å². The summed E-state index contributed by atoms with van der Waals surface area (Å²) in [6.07, 6.45) is 1.65. The third-order valence-electron chi connectivity index (χ3n) is 4.08. The van der Waals surface area contributed by atoms with Crippen LogP contribution in [-0.2, 0) is 24.0 Å². The van der Waals surface area contributed by atoms with E-state index in [1.165, 1.54) is 0 Å². The molecule has 0 heterocycles. The Balaban J connectivity index is 4.84. The van der Waals surface area contributed by atoms with Gasteiger partial charge in [0.25, 0.3) is 0 Å². The number of carboxylic acids is 2. The molecule has 0 radical (unpaired) electrons. The highest BCUT2D eigenvalue weighted by Gasteiger charge is 2.21. The molecule has 1 amide bonds. The van der Waals surface area contributed by atoms with Crippen LogP contribution in [0.15, 0.2) is 12.7 Å². The van der Waals surface area contributed by atoms with E-state index in [1.807, 2.05) is 0 Å². The number of hydrogen-bond acceptors (Lipinski definition) is 8. The summed E-state index contributed by atoms with van der Waals surface area (Å²) in [5.41, 5.74) is 5.35. The molecule has 0 aromatic carbocycles. The van der Waals surface area contributed by atoms with E-state index in [0.717, 1.165) is 6.08 Å². The van der Waals surface area contributed by atoms with Crippen molar-refractivity contribution in [1.29, 1.82) is 5.41 Å². The molecule has 11 nitrogen and oxygen atoms in total. The number of rotatable bonds is 17. The van der Waals surface area contributed by atoms with Gasteiger partial charge in [0, 0.05) is 31.8 Å². The Hall–Kier alpha value is -2.92. The van der Waals surface area contributed by atoms with Gasteiger partial charge in [-0.1, -0.05) is 6.58 Å². The Kier molecular flexibility index (Phi) is 12.7. The average molecular weight is 412 g/mol. The largest absolute Gasteiger partial charge is 0.480 e. The molecule has 162 valence electrons. The van der Waals surface area contributed by atoms with E-state index in [4.69, 9.17) is 16.2 Å². The Morgan fingerprint density at radius 1 is 0.966 bits per heavy atom. The number of hydrogen-bond donors (Lipinski definition) is 6. The lowest BCUT2D eigenvalue weighted by atomic mass is 10.1. The highest BCUT2D eigenvalue weighted by atomic mass is 16.4. The van der Waals surface area contributed by atoms with Gasteiger partial charge in [-0.05, 0) is 25.3 Å². The predicted octanol–water partition coefficient (Wildman–Crippen LogP) is -0.760. The fourth-order valence-electron chi connectivity index (χ4n) is 2.31. The van der Waals surface area contributed by atoms with Gasteiger partial charge in [0.2, 0.25) is 5.91 Å². The van der Waals surface area contributed by atoms with E-state index in [2.05, 4.69) is 17.2 Å². The van der Waals surface area contributed by atoms with Gasteiger partial charge in [0.1, 0.15) is 12.1 Å². The second-order valence-electron chi connectivity index (χ2n) is 6.41. The van der Waals surface area contributed by atoms with Crippen LogP contribution in [0.2, 0.25) is 0 Å². The third kappa shape index (κ3) is 12.2. The maximum absolute atomic E-state index is 12.0. The first kappa shape index (κ1) is 26.1. The van der Waals surface area contributed by atoms with Crippen LogP contribution in [0.3, 0.4) is 0 Å². The zero-order chi connectivity index (χ0) is 22.4. The summed E-state index contributed by atoms with van der Waals surface area (Å²) in [4.78, 5) is 56.7. The minimum atomic E-state index is -1.23. The molecule has 0 rings (SSSR count). The minimum Gasteiger partial charge on any atom is -0.480 e. The van der Waals surface area contributed by atoms with Crippen molar-refractivity contribution >= 4 is 35.6 Å². The summed E-state index contributed by atoms with van der Waals surface area (Å²) in [6.45, 7) is 3.32. The van der Waals surface area contributed by atoms with E-state index in [0.29, 0.717) is 6.21 Å². The molecular formula is C18H28N4O7. The predicted molar refractivity (Wildman–Crippen MR) is 104 cm³/mol. The molecule has 0 aliphatic rings. The van der Waals surface area contributed by atoms with Gasteiger partial charge < -0.3 is 32.0 Å². The molecule has 0 spiro atoms. The maximum atomic E-state index is 12.0. The molecule has 7 N–H and O–H groups in total. The van der Waals surface area contributed by atoms with Gasteiger partial charge in [-0.2, -0.15) is 0 Å². The first-order valence-electron chi connectivity index (χ1n) is 9.03. The number of ketones is 2. The summed E-state index contributed by atoms with van der Waals surface area (Å²) in [5, 5.41) is 30.3. The van der Waals surface area contributed by atoms with E-state index < -0.39 is 41.8 Å². The first-order chi connectivity index (χ1) is 13.6. The summed E-state index contributed by atoms with van der Waals surface area (Å²) in [5.74, 6) is -3.65. The van der Waals surface area contributed by atoms with Crippen LogP contribution < -0.4 is 16.4 Å². The van der Waals surface area contributed by atoms with Gasteiger partial charge in [0.05, 0.1) is 6.21 Å². The van der Waals surface area contributed by atoms with Crippen molar-refractivity contribution in [3.63, 3.8) is 0 Å². The van der Waals surface area contributed by atoms with Crippen molar-refractivity contribution in [2.45, 2.75) is 56.7 Å². The average Bonchev–Trinajstić information content (AvgIpc) is 2.68. The van der Waals surface area contributed by atoms with Crippen LogP contribution in [0, 0.1) is 5.41 Å². The number of Topliss-reactive ketones (excluding diaryl/α,β-unsaturated/α-hetero) is 1. The number of amides is 1. The Labute approximate surface area is 168 Å². The Morgan fingerprint density at radius 3 is 2.10 bits per heavy atom. The van der Waals surface area contributed by atoms with Crippen LogP contribution in [0.4, 0.5) is 0 Å². The number of aliphatic carboxylic acids is 2. The summed E-state index contributed by atoms with van der Waals surface area (Å²) >= 11 is 0. The van der Waals surface area contributed by atoms with Crippen LogP contribution in [0.5, 0.6) is 0 Å². The number of allylic oxidation sites excluding steroid dienone is 1. The lowest BCUT2D eigenvalue weighted by Crippen LogP contribution is -2.47. The van der Waals surface area contributed by atoms with Crippen LogP contribution in [0.1, 0.15) is 38.5 Å². The van der Waals surface area contributed by atoms with Gasteiger partial charge in [-0.15, -0.1) is 0 Å². The standard InChI is InChI=1S/C18H28N4O7/c1-2-12(23)5-7-15(18(28)29)21-10-11(3-4-13(24)9-19)22-16(25)8-6-14(20)17(26)27/h2,9,11,14-15,19,21H,1,3-8,10,20H2,(H,22,25)(H,26,27)(H,28,29)/t11-,14-,15-/m0/s1. The highest BCUT2D eigenvalue weighted by Crippen LogP contribution is 2.04. The molecule has 0 aliphatic heterocycles. The fraction of sp³-hybridized carbons (Fsp3) is 0.556. The van der Waals surface area contributed by atoms with Crippen molar-refractivity contribution in [3.05, 3.63) is 12.7 Å². The zero-order valence-electron chi connectivity index (χ0n) is 16.1. The molecule has 3 atom stereocenters. The van der Waals surface area contributed by atoms with Crippen molar-refractivity contribution < 1.29 is 34.2 Å². The number of carboxylic acid groups (broad SMARTS) is 2. The highest BCUT2D eigenvalue weighted by molar-refractivity contribution is 6.26.